The Balaban J connectivity index is 2.50. The van der Waals surface area contributed by atoms with Gasteiger partial charge in [0, 0.05) is 58.9 Å². The second kappa shape index (κ2) is 21.3. The van der Waals surface area contributed by atoms with Crippen LogP contribution in [0.15, 0.2) is 30.3 Å². The highest BCUT2D eigenvalue weighted by molar-refractivity contribution is 5.21. The van der Waals surface area contributed by atoms with E-state index in [-0.39, 0.29) is 12.3 Å². The molecule has 7 heteroatoms. The maximum atomic E-state index is 10.1. The van der Waals surface area contributed by atoms with E-state index in [0.717, 1.165) is 51.4 Å². The maximum absolute atomic E-state index is 10.1. The van der Waals surface area contributed by atoms with Crippen LogP contribution < -0.4 is 26.4 Å². The fraction of sp³-hybridized carbons (Fsp3) is 0.769. The molecule has 0 aliphatic rings. The van der Waals surface area contributed by atoms with Crippen LogP contribution >= 0.6 is 0 Å². The lowest BCUT2D eigenvalue weighted by molar-refractivity contribution is -0.00225. The number of aliphatic hydroxyl groups is 1. The number of rotatable bonds is 23. The molecule has 1 aromatic rings. The van der Waals surface area contributed by atoms with Gasteiger partial charge in [0.2, 0.25) is 0 Å². The summed E-state index contributed by atoms with van der Waals surface area (Å²) in [6, 6.07) is 9.99. The van der Waals surface area contributed by atoms with Crippen LogP contribution in [0.4, 0.5) is 0 Å². The van der Waals surface area contributed by atoms with E-state index in [1.807, 2.05) is 37.3 Å². The molecule has 0 spiro atoms. The van der Waals surface area contributed by atoms with Crippen LogP contribution in [0, 0.1) is 0 Å². The normalized spacial score (nSPS) is 13.4. The van der Waals surface area contributed by atoms with Crippen molar-refractivity contribution in [2.24, 2.45) is 5.73 Å². The SMILES string of the molecule is CCCCCCCCCN(CC(C)O)C(CNCCNCCNCCN)Oc1ccccc1. The van der Waals surface area contributed by atoms with E-state index in [1.54, 1.807) is 0 Å². The lowest BCUT2D eigenvalue weighted by Gasteiger charge is -2.33. The number of nitrogens with two attached hydrogens (primary N) is 1. The Morgan fingerprint density at radius 3 is 2.12 bits per heavy atom. The highest BCUT2D eigenvalue weighted by Crippen LogP contribution is 2.15. The van der Waals surface area contributed by atoms with Crippen LogP contribution in [0.3, 0.4) is 0 Å². The quantitative estimate of drug-likeness (QED) is 0.125. The summed E-state index contributed by atoms with van der Waals surface area (Å²) in [6.45, 7) is 11.5. The average Bonchev–Trinajstić information content (AvgIpc) is 2.81. The third kappa shape index (κ3) is 17.0. The molecule has 1 rings (SSSR count). The van der Waals surface area contributed by atoms with E-state index in [9.17, 15) is 5.11 Å². The minimum absolute atomic E-state index is 0.117. The summed E-state index contributed by atoms with van der Waals surface area (Å²) in [6.07, 6.45) is 8.43. The molecule has 0 fully saturated rings. The summed E-state index contributed by atoms with van der Waals surface area (Å²) in [5.41, 5.74) is 5.49. The predicted octanol–water partition coefficient (Wildman–Crippen LogP) is 2.55. The fourth-order valence-corrected chi connectivity index (χ4v) is 3.80. The number of benzene rings is 1. The Hall–Kier alpha value is -1.22. The summed E-state index contributed by atoms with van der Waals surface area (Å²) < 4.78 is 6.37. The number of ether oxygens (including phenoxy) is 1. The predicted molar refractivity (Wildman–Crippen MR) is 140 cm³/mol. The Morgan fingerprint density at radius 2 is 1.48 bits per heavy atom. The highest BCUT2D eigenvalue weighted by Gasteiger charge is 2.21. The van der Waals surface area contributed by atoms with Gasteiger partial charge in [0.25, 0.3) is 0 Å². The van der Waals surface area contributed by atoms with Crippen molar-refractivity contribution < 1.29 is 9.84 Å². The molecule has 2 unspecified atom stereocenters. The van der Waals surface area contributed by atoms with Gasteiger partial charge < -0.3 is 31.5 Å². The van der Waals surface area contributed by atoms with E-state index in [1.165, 1.54) is 38.5 Å². The Kier molecular flexibility index (Phi) is 19.3. The molecule has 7 nitrogen and oxygen atoms in total. The zero-order chi connectivity index (χ0) is 24.0. The fourth-order valence-electron chi connectivity index (χ4n) is 3.80. The van der Waals surface area contributed by atoms with Gasteiger partial charge in [-0.2, -0.15) is 0 Å². The van der Waals surface area contributed by atoms with Gasteiger partial charge in [0.1, 0.15) is 5.75 Å². The maximum Gasteiger partial charge on any atom is 0.165 e. The smallest absolute Gasteiger partial charge is 0.165 e. The number of nitrogens with zero attached hydrogens (tertiary/aromatic N) is 1. The first-order valence-electron chi connectivity index (χ1n) is 13.1. The third-order valence-electron chi connectivity index (χ3n) is 5.57. The van der Waals surface area contributed by atoms with Gasteiger partial charge >= 0.3 is 0 Å². The zero-order valence-electron chi connectivity index (χ0n) is 21.2. The number of hydrogen-bond donors (Lipinski definition) is 5. The number of unbranched alkanes of at least 4 members (excludes halogenated alkanes) is 6. The Bertz CT molecular complexity index is 533. The number of nitrogens with one attached hydrogen (secondary N) is 3. The second-order valence-corrected chi connectivity index (χ2v) is 8.84. The lowest BCUT2D eigenvalue weighted by Crippen LogP contribution is -2.49. The minimum Gasteiger partial charge on any atom is -0.474 e. The van der Waals surface area contributed by atoms with Crippen molar-refractivity contribution >= 4 is 0 Å². The molecule has 0 radical (unpaired) electrons. The van der Waals surface area contributed by atoms with Gasteiger partial charge in [-0.3, -0.25) is 4.90 Å². The molecule has 1 aromatic carbocycles. The van der Waals surface area contributed by atoms with Crippen molar-refractivity contribution in [2.75, 3.05) is 58.9 Å². The highest BCUT2D eigenvalue weighted by atomic mass is 16.5. The van der Waals surface area contributed by atoms with Gasteiger partial charge in [0.15, 0.2) is 6.23 Å². The number of para-hydroxylation sites is 1. The molecular formula is C26H51N5O2. The molecule has 0 amide bonds. The molecule has 192 valence electrons. The third-order valence-corrected chi connectivity index (χ3v) is 5.57. The van der Waals surface area contributed by atoms with Crippen LogP contribution in [-0.4, -0.2) is 81.2 Å². The molecule has 0 bridgehead atoms. The molecule has 2 atom stereocenters. The molecule has 0 aliphatic carbocycles. The van der Waals surface area contributed by atoms with Gasteiger partial charge in [-0.05, 0) is 25.5 Å². The summed E-state index contributed by atoms with van der Waals surface area (Å²) in [5.74, 6) is 0.864. The minimum atomic E-state index is -0.390. The van der Waals surface area contributed by atoms with Crippen LogP contribution in [0.2, 0.25) is 0 Å². The largest absolute Gasteiger partial charge is 0.474 e. The zero-order valence-corrected chi connectivity index (χ0v) is 21.2. The number of hydrogen-bond acceptors (Lipinski definition) is 7. The van der Waals surface area contributed by atoms with Crippen molar-refractivity contribution in [3.8, 4) is 5.75 Å². The topological polar surface area (TPSA) is 94.8 Å². The van der Waals surface area contributed by atoms with E-state index >= 15 is 0 Å². The van der Waals surface area contributed by atoms with Crippen LogP contribution in [0.25, 0.3) is 0 Å². The van der Waals surface area contributed by atoms with Gasteiger partial charge in [0.05, 0.1) is 6.10 Å². The van der Waals surface area contributed by atoms with Crippen molar-refractivity contribution in [2.45, 2.75) is 71.1 Å². The number of aliphatic hydroxyl groups excluding tert-OH is 1. The summed E-state index contributed by atoms with van der Waals surface area (Å²) in [4.78, 5) is 2.29. The van der Waals surface area contributed by atoms with Gasteiger partial charge in [-0.15, -0.1) is 0 Å². The molecule has 33 heavy (non-hydrogen) atoms. The van der Waals surface area contributed by atoms with Crippen LogP contribution in [-0.2, 0) is 0 Å². The van der Waals surface area contributed by atoms with E-state index < -0.39 is 0 Å². The molecule has 0 saturated carbocycles. The summed E-state index contributed by atoms with van der Waals surface area (Å²) in [7, 11) is 0. The van der Waals surface area contributed by atoms with Crippen molar-refractivity contribution in [1.82, 2.24) is 20.9 Å². The molecule has 0 aliphatic heterocycles. The lowest BCUT2D eigenvalue weighted by atomic mass is 10.1. The molecular weight excluding hydrogens is 414 g/mol. The van der Waals surface area contributed by atoms with Crippen molar-refractivity contribution in [3.05, 3.63) is 30.3 Å². The van der Waals surface area contributed by atoms with E-state index in [0.29, 0.717) is 19.6 Å². The first kappa shape index (κ1) is 29.8. The molecule has 6 N–H and O–H groups in total. The summed E-state index contributed by atoms with van der Waals surface area (Å²) in [5, 5.41) is 20.4. The monoisotopic (exact) mass is 465 g/mol. The van der Waals surface area contributed by atoms with Crippen molar-refractivity contribution in [3.63, 3.8) is 0 Å². The first-order valence-corrected chi connectivity index (χ1v) is 13.1. The van der Waals surface area contributed by atoms with Crippen LogP contribution in [0.5, 0.6) is 5.75 Å². The molecule has 0 heterocycles. The summed E-state index contributed by atoms with van der Waals surface area (Å²) >= 11 is 0. The van der Waals surface area contributed by atoms with E-state index in [2.05, 4.69) is 27.8 Å². The molecule has 0 saturated heterocycles. The van der Waals surface area contributed by atoms with Crippen molar-refractivity contribution in [1.29, 1.82) is 0 Å². The Labute approximate surface area is 202 Å². The van der Waals surface area contributed by atoms with Crippen LogP contribution in [0.1, 0.15) is 58.8 Å². The average molecular weight is 466 g/mol. The Morgan fingerprint density at radius 1 is 0.879 bits per heavy atom. The van der Waals surface area contributed by atoms with Gasteiger partial charge in [-0.1, -0.05) is 63.6 Å². The van der Waals surface area contributed by atoms with Gasteiger partial charge in [-0.25, -0.2) is 0 Å². The molecule has 0 aromatic heterocycles. The van der Waals surface area contributed by atoms with E-state index in [4.69, 9.17) is 10.5 Å². The standard InChI is InChI=1S/C26H51N5O2/c1-3-4-5-6-7-8-12-21-31(23-24(2)32)26(33-25-13-10-9-11-14-25)22-30-20-19-29-18-17-28-16-15-27/h9-11,13-14,24,26,28-30,32H,3-8,12,15-23,27H2,1-2H3. The second-order valence-electron chi connectivity index (χ2n) is 8.84. The first-order chi connectivity index (χ1) is 16.2.